The molecule has 2 fully saturated rings. The van der Waals surface area contributed by atoms with Gasteiger partial charge in [-0.1, -0.05) is 29.8 Å². The molecule has 1 unspecified atom stereocenters. The number of nitrogens with one attached hydrogen (secondary N) is 1. The maximum Gasteiger partial charge on any atom is 0.232 e. The number of piperazine rings is 1. The Labute approximate surface area is 143 Å². The van der Waals surface area contributed by atoms with Crippen LogP contribution in [0, 0.1) is 0 Å². The molecule has 0 aromatic heterocycles. The van der Waals surface area contributed by atoms with Crippen LogP contribution in [0.2, 0.25) is 5.02 Å². The largest absolute Gasteiger partial charge is 0.340 e. The normalized spacial score (nSPS) is 23.3. The predicted molar refractivity (Wildman–Crippen MR) is 93.9 cm³/mol. The standard InChI is InChI=1S/C18H26ClN3O/c1-18(2,15-5-3-4-6-16(15)19)17(23)22-10-7-14(13-22)21-11-8-20-9-12-21/h3-6,14,20H,7-13H2,1-2H3. The third-order valence-corrected chi connectivity index (χ3v) is 5.53. The van der Waals surface area contributed by atoms with Crippen LogP contribution in [0.25, 0.3) is 0 Å². The van der Waals surface area contributed by atoms with E-state index in [0.29, 0.717) is 11.1 Å². The molecule has 1 aromatic carbocycles. The van der Waals surface area contributed by atoms with Crippen molar-refractivity contribution in [2.45, 2.75) is 31.7 Å². The number of amides is 1. The highest BCUT2D eigenvalue weighted by molar-refractivity contribution is 6.31. The molecular weight excluding hydrogens is 310 g/mol. The van der Waals surface area contributed by atoms with Crippen LogP contribution in [0.4, 0.5) is 0 Å². The Morgan fingerprint density at radius 3 is 2.61 bits per heavy atom. The summed E-state index contributed by atoms with van der Waals surface area (Å²) in [4.78, 5) is 17.6. The van der Waals surface area contributed by atoms with Crippen LogP contribution >= 0.6 is 11.6 Å². The third kappa shape index (κ3) is 3.39. The first-order valence-electron chi connectivity index (χ1n) is 8.49. The summed E-state index contributed by atoms with van der Waals surface area (Å²) >= 11 is 6.32. The van der Waals surface area contributed by atoms with Crippen LogP contribution in [-0.4, -0.2) is 61.0 Å². The second-order valence-electron chi connectivity index (χ2n) is 7.08. The van der Waals surface area contributed by atoms with Crippen LogP contribution < -0.4 is 5.32 Å². The summed E-state index contributed by atoms with van der Waals surface area (Å²) < 4.78 is 0. The molecule has 126 valence electrons. The molecule has 0 aliphatic carbocycles. The van der Waals surface area contributed by atoms with Gasteiger partial charge < -0.3 is 10.2 Å². The van der Waals surface area contributed by atoms with E-state index in [1.807, 2.05) is 43.0 Å². The zero-order valence-corrected chi connectivity index (χ0v) is 14.8. The van der Waals surface area contributed by atoms with Gasteiger partial charge in [-0.2, -0.15) is 0 Å². The van der Waals surface area contributed by atoms with Crippen molar-refractivity contribution < 1.29 is 4.79 Å². The highest BCUT2D eigenvalue weighted by Gasteiger charge is 2.39. The Morgan fingerprint density at radius 1 is 1.22 bits per heavy atom. The Balaban J connectivity index is 1.69. The van der Waals surface area contributed by atoms with Gasteiger partial charge in [0.05, 0.1) is 5.41 Å². The molecule has 1 amide bonds. The first-order valence-corrected chi connectivity index (χ1v) is 8.87. The van der Waals surface area contributed by atoms with E-state index < -0.39 is 5.41 Å². The van der Waals surface area contributed by atoms with Crippen molar-refractivity contribution in [3.8, 4) is 0 Å². The molecule has 1 aromatic rings. The zero-order chi connectivity index (χ0) is 16.4. The summed E-state index contributed by atoms with van der Waals surface area (Å²) in [5.41, 5.74) is 0.328. The maximum atomic E-state index is 13.1. The number of rotatable bonds is 3. The summed E-state index contributed by atoms with van der Waals surface area (Å²) in [6, 6.07) is 8.18. The van der Waals surface area contributed by atoms with E-state index in [9.17, 15) is 4.79 Å². The first kappa shape index (κ1) is 16.7. The number of hydrogen-bond acceptors (Lipinski definition) is 3. The van der Waals surface area contributed by atoms with Gasteiger partial charge in [-0.15, -0.1) is 0 Å². The molecular formula is C18H26ClN3O. The molecule has 2 heterocycles. The van der Waals surface area contributed by atoms with Crippen LogP contribution in [0.3, 0.4) is 0 Å². The minimum Gasteiger partial charge on any atom is -0.340 e. The number of carbonyl (C=O) groups is 1. The van der Waals surface area contributed by atoms with Crippen LogP contribution in [0.1, 0.15) is 25.8 Å². The molecule has 1 atom stereocenters. The molecule has 2 aliphatic rings. The Hall–Kier alpha value is -1.10. The molecule has 2 saturated heterocycles. The average molecular weight is 336 g/mol. The fourth-order valence-electron chi connectivity index (χ4n) is 3.75. The SMILES string of the molecule is CC(C)(C(=O)N1CCC(N2CCNCC2)C1)c1ccccc1Cl. The second-order valence-corrected chi connectivity index (χ2v) is 7.49. The molecule has 0 spiro atoms. The van der Waals surface area contributed by atoms with Crippen molar-refractivity contribution in [3.63, 3.8) is 0 Å². The summed E-state index contributed by atoms with van der Waals surface area (Å²) in [5.74, 6) is 0.184. The Bertz CT molecular complexity index is 569. The van der Waals surface area contributed by atoms with Gasteiger partial charge in [-0.05, 0) is 31.9 Å². The first-order chi connectivity index (χ1) is 11.0. The van der Waals surface area contributed by atoms with Crippen LogP contribution in [0.15, 0.2) is 24.3 Å². The summed E-state index contributed by atoms with van der Waals surface area (Å²) in [6.07, 6.45) is 1.07. The van der Waals surface area contributed by atoms with Gasteiger partial charge in [0.15, 0.2) is 0 Å². The number of halogens is 1. The number of likely N-dealkylation sites (tertiary alicyclic amines) is 1. The lowest BCUT2D eigenvalue weighted by molar-refractivity contribution is -0.135. The molecule has 2 aliphatic heterocycles. The molecule has 3 rings (SSSR count). The summed E-state index contributed by atoms with van der Waals surface area (Å²) in [5, 5.41) is 4.06. The van der Waals surface area contributed by atoms with Crippen molar-refractivity contribution in [1.82, 2.24) is 15.1 Å². The maximum absolute atomic E-state index is 13.1. The highest BCUT2D eigenvalue weighted by atomic mass is 35.5. The lowest BCUT2D eigenvalue weighted by atomic mass is 9.83. The highest BCUT2D eigenvalue weighted by Crippen LogP contribution is 2.32. The van der Waals surface area contributed by atoms with Crippen molar-refractivity contribution in [2.75, 3.05) is 39.3 Å². The predicted octanol–water partition coefficient (Wildman–Crippen LogP) is 2.12. The van der Waals surface area contributed by atoms with Crippen molar-refractivity contribution in [2.24, 2.45) is 0 Å². The van der Waals surface area contributed by atoms with Gasteiger partial charge in [0, 0.05) is 50.3 Å². The van der Waals surface area contributed by atoms with E-state index in [1.54, 1.807) is 0 Å². The number of hydrogen-bond donors (Lipinski definition) is 1. The summed E-state index contributed by atoms with van der Waals surface area (Å²) in [6.45, 7) is 9.92. The molecule has 23 heavy (non-hydrogen) atoms. The topological polar surface area (TPSA) is 35.6 Å². The van der Waals surface area contributed by atoms with Gasteiger partial charge in [0.2, 0.25) is 5.91 Å². The summed E-state index contributed by atoms with van der Waals surface area (Å²) in [7, 11) is 0. The number of carbonyl (C=O) groups excluding carboxylic acids is 1. The van der Waals surface area contributed by atoms with Crippen LogP contribution in [-0.2, 0) is 10.2 Å². The zero-order valence-electron chi connectivity index (χ0n) is 14.0. The van der Waals surface area contributed by atoms with Crippen molar-refractivity contribution in [3.05, 3.63) is 34.9 Å². The van der Waals surface area contributed by atoms with Gasteiger partial charge in [0.25, 0.3) is 0 Å². The Kier molecular flexibility index (Phi) is 4.95. The van der Waals surface area contributed by atoms with Crippen molar-refractivity contribution in [1.29, 1.82) is 0 Å². The van der Waals surface area contributed by atoms with Crippen molar-refractivity contribution >= 4 is 17.5 Å². The molecule has 0 radical (unpaired) electrons. The van der Waals surface area contributed by atoms with E-state index in [0.717, 1.165) is 51.3 Å². The van der Waals surface area contributed by atoms with E-state index in [4.69, 9.17) is 11.6 Å². The lowest BCUT2D eigenvalue weighted by Crippen LogP contribution is -2.50. The average Bonchev–Trinajstić information content (AvgIpc) is 3.05. The lowest BCUT2D eigenvalue weighted by Gasteiger charge is -2.34. The monoisotopic (exact) mass is 335 g/mol. The molecule has 0 saturated carbocycles. The molecule has 1 N–H and O–H groups in total. The van der Waals surface area contributed by atoms with E-state index in [-0.39, 0.29) is 5.91 Å². The van der Waals surface area contributed by atoms with Gasteiger partial charge >= 0.3 is 0 Å². The van der Waals surface area contributed by atoms with Crippen LogP contribution in [0.5, 0.6) is 0 Å². The van der Waals surface area contributed by atoms with E-state index >= 15 is 0 Å². The molecule has 4 nitrogen and oxygen atoms in total. The number of benzene rings is 1. The van der Waals surface area contributed by atoms with E-state index in [2.05, 4.69) is 10.2 Å². The molecule has 0 bridgehead atoms. The third-order valence-electron chi connectivity index (χ3n) is 5.20. The second kappa shape index (κ2) is 6.80. The van der Waals surface area contributed by atoms with E-state index in [1.165, 1.54) is 0 Å². The van der Waals surface area contributed by atoms with Gasteiger partial charge in [-0.25, -0.2) is 0 Å². The fraction of sp³-hybridized carbons (Fsp3) is 0.611. The quantitative estimate of drug-likeness (QED) is 0.919. The minimum atomic E-state index is -0.587. The Morgan fingerprint density at radius 2 is 1.91 bits per heavy atom. The van der Waals surface area contributed by atoms with Gasteiger partial charge in [0.1, 0.15) is 0 Å². The minimum absolute atomic E-state index is 0.184. The number of nitrogens with zero attached hydrogens (tertiary/aromatic N) is 2. The smallest absolute Gasteiger partial charge is 0.232 e. The fourth-order valence-corrected chi connectivity index (χ4v) is 4.12. The van der Waals surface area contributed by atoms with Gasteiger partial charge in [-0.3, -0.25) is 9.69 Å². The molecule has 5 heteroatoms.